The Morgan fingerprint density at radius 2 is 2.26 bits per heavy atom. The zero-order valence-corrected chi connectivity index (χ0v) is 12.5. The van der Waals surface area contributed by atoms with Gasteiger partial charge in [-0.1, -0.05) is 0 Å². The molecule has 4 heteroatoms. The molecule has 0 spiro atoms. The summed E-state index contributed by atoms with van der Waals surface area (Å²) in [5, 5.41) is 3.52. The molecule has 0 radical (unpaired) electrons. The van der Waals surface area contributed by atoms with E-state index >= 15 is 0 Å². The van der Waals surface area contributed by atoms with Crippen molar-refractivity contribution in [2.75, 3.05) is 40.0 Å². The Kier molecular flexibility index (Phi) is 6.07. The van der Waals surface area contributed by atoms with E-state index in [1.165, 1.54) is 25.7 Å². The maximum absolute atomic E-state index is 6.01. The van der Waals surface area contributed by atoms with Crippen LogP contribution in [0.5, 0.6) is 0 Å². The molecule has 3 unspecified atom stereocenters. The van der Waals surface area contributed by atoms with Crippen molar-refractivity contribution in [3.05, 3.63) is 0 Å². The second-order valence-electron chi connectivity index (χ2n) is 6.18. The fourth-order valence-electron chi connectivity index (χ4n) is 3.33. The molecule has 2 fully saturated rings. The van der Waals surface area contributed by atoms with Crippen LogP contribution < -0.4 is 5.32 Å². The molecule has 0 aliphatic carbocycles. The van der Waals surface area contributed by atoms with Gasteiger partial charge in [-0.25, -0.2) is 0 Å². The van der Waals surface area contributed by atoms with Crippen LogP contribution in [0.25, 0.3) is 0 Å². The van der Waals surface area contributed by atoms with Gasteiger partial charge in [-0.3, -0.25) is 0 Å². The van der Waals surface area contributed by atoms with Crippen LogP contribution in [0.1, 0.15) is 39.0 Å². The van der Waals surface area contributed by atoms with Gasteiger partial charge in [0.1, 0.15) is 0 Å². The lowest BCUT2D eigenvalue weighted by Crippen LogP contribution is -2.44. The Morgan fingerprint density at radius 3 is 2.89 bits per heavy atom. The highest BCUT2D eigenvalue weighted by atomic mass is 16.5. The molecule has 3 atom stereocenters. The molecule has 4 nitrogen and oxygen atoms in total. The first kappa shape index (κ1) is 15.2. The third-order valence-electron chi connectivity index (χ3n) is 4.37. The van der Waals surface area contributed by atoms with Crippen molar-refractivity contribution < 1.29 is 14.2 Å². The molecular formula is C15H29NO3. The van der Waals surface area contributed by atoms with Crippen molar-refractivity contribution >= 4 is 0 Å². The molecule has 2 heterocycles. The van der Waals surface area contributed by atoms with Crippen molar-refractivity contribution in [2.45, 2.75) is 51.2 Å². The summed E-state index contributed by atoms with van der Waals surface area (Å²) >= 11 is 0. The molecule has 0 bridgehead atoms. The zero-order valence-electron chi connectivity index (χ0n) is 12.5. The van der Waals surface area contributed by atoms with Gasteiger partial charge in [-0.05, 0) is 39.0 Å². The van der Waals surface area contributed by atoms with Gasteiger partial charge in [-0.15, -0.1) is 0 Å². The van der Waals surface area contributed by atoms with Crippen LogP contribution >= 0.6 is 0 Å². The van der Waals surface area contributed by atoms with Gasteiger partial charge >= 0.3 is 0 Å². The molecule has 0 saturated carbocycles. The summed E-state index contributed by atoms with van der Waals surface area (Å²) < 4.78 is 16.9. The van der Waals surface area contributed by atoms with Gasteiger partial charge in [0.2, 0.25) is 0 Å². The maximum atomic E-state index is 6.01. The van der Waals surface area contributed by atoms with E-state index in [0.29, 0.717) is 12.2 Å². The Hall–Kier alpha value is -0.160. The molecule has 2 aliphatic rings. The third kappa shape index (κ3) is 4.71. The fraction of sp³-hybridized carbons (Fsp3) is 1.00. The second kappa shape index (κ2) is 7.58. The van der Waals surface area contributed by atoms with Gasteiger partial charge < -0.3 is 19.5 Å². The van der Waals surface area contributed by atoms with E-state index in [2.05, 4.69) is 12.2 Å². The molecule has 19 heavy (non-hydrogen) atoms. The maximum Gasteiger partial charge on any atom is 0.0587 e. The first-order valence-corrected chi connectivity index (χ1v) is 7.67. The molecule has 2 rings (SSSR count). The standard InChI is InChI=1S/C15H29NO3/c1-13-4-5-14(19-13)10-15(6-3-8-18-12-15)11-16-7-9-17-2/h13-14,16H,3-12H2,1-2H3. The molecule has 0 amide bonds. The predicted octanol–water partition coefficient (Wildman–Crippen LogP) is 1.98. The Labute approximate surface area is 117 Å². The summed E-state index contributed by atoms with van der Waals surface area (Å²) in [6.45, 7) is 6.68. The van der Waals surface area contributed by atoms with E-state index in [1.54, 1.807) is 7.11 Å². The van der Waals surface area contributed by atoms with Gasteiger partial charge in [0, 0.05) is 32.2 Å². The Balaban J connectivity index is 1.82. The van der Waals surface area contributed by atoms with Gasteiger partial charge in [-0.2, -0.15) is 0 Å². The number of hydrogen-bond acceptors (Lipinski definition) is 4. The van der Waals surface area contributed by atoms with Crippen LogP contribution in [0.15, 0.2) is 0 Å². The van der Waals surface area contributed by atoms with Crippen LogP contribution in [0, 0.1) is 5.41 Å². The van der Waals surface area contributed by atoms with Crippen molar-refractivity contribution in [2.24, 2.45) is 5.41 Å². The quantitative estimate of drug-likeness (QED) is 0.719. The van der Waals surface area contributed by atoms with E-state index in [0.717, 1.165) is 39.3 Å². The van der Waals surface area contributed by atoms with E-state index in [-0.39, 0.29) is 5.41 Å². The lowest BCUT2D eigenvalue weighted by molar-refractivity contribution is -0.0478. The Morgan fingerprint density at radius 1 is 1.37 bits per heavy atom. The Bertz CT molecular complexity index is 254. The second-order valence-corrected chi connectivity index (χ2v) is 6.18. The lowest BCUT2D eigenvalue weighted by atomic mass is 9.77. The topological polar surface area (TPSA) is 39.7 Å². The van der Waals surface area contributed by atoms with E-state index < -0.39 is 0 Å². The number of ether oxygens (including phenoxy) is 3. The average molecular weight is 271 g/mol. The van der Waals surface area contributed by atoms with E-state index in [1.807, 2.05) is 0 Å². The summed E-state index contributed by atoms with van der Waals surface area (Å²) in [5.41, 5.74) is 0.265. The van der Waals surface area contributed by atoms with E-state index in [9.17, 15) is 0 Å². The predicted molar refractivity (Wildman–Crippen MR) is 75.4 cm³/mol. The van der Waals surface area contributed by atoms with Crippen molar-refractivity contribution in [1.29, 1.82) is 0 Å². The highest BCUT2D eigenvalue weighted by Crippen LogP contribution is 2.37. The van der Waals surface area contributed by atoms with Gasteiger partial charge in [0.25, 0.3) is 0 Å². The number of hydrogen-bond donors (Lipinski definition) is 1. The summed E-state index contributed by atoms with van der Waals surface area (Å²) in [4.78, 5) is 0. The lowest BCUT2D eigenvalue weighted by Gasteiger charge is -2.39. The van der Waals surface area contributed by atoms with Crippen molar-refractivity contribution in [1.82, 2.24) is 5.32 Å². The fourth-order valence-corrected chi connectivity index (χ4v) is 3.33. The minimum Gasteiger partial charge on any atom is -0.383 e. The summed E-state index contributed by atoms with van der Waals surface area (Å²) in [6, 6.07) is 0. The highest BCUT2D eigenvalue weighted by Gasteiger charge is 2.37. The third-order valence-corrected chi connectivity index (χ3v) is 4.37. The van der Waals surface area contributed by atoms with Gasteiger partial charge in [0.05, 0.1) is 25.4 Å². The smallest absolute Gasteiger partial charge is 0.0587 e. The molecule has 0 aromatic carbocycles. The monoisotopic (exact) mass is 271 g/mol. The van der Waals surface area contributed by atoms with Crippen LogP contribution in [0.4, 0.5) is 0 Å². The average Bonchev–Trinajstić information content (AvgIpc) is 2.81. The molecule has 112 valence electrons. The summed E-state index contributed by atoms with van der Waals surface area (Å²) in [5.74, 6) is 0. The van der Waals surface area contributed by atoms with Crippen molar-refractivity contribution in [3.63, 3.8) is 0 Å². The number of nitrogens with one attached hydrogen (secondary N) is 1. The number of methoxy groups -OCH3 is 1. The first-order chi connectivity index (χ1) is 9.24. The molecule has 2 aliphatic heterocycles. The van der Waals surface area contributed by atoms with Crippen LogP contribution in [-0.2, 0) is 14.2 Å². The summed E-state index contributed by atoms with van der Waals surface area (Å²) in [7, 11) is 1.74. The SMILES string of the molecule is COCCNCC1(CC2CCC(C)O2)CCCOC1. The van der Waals surface area contributed by atoms with Gasteiger partial charge in [0.15, 0.2) is 0 Å². The number of rotatable bonds is 7. The largest absolute Gasteiger partial charge is 0.383 e. The summed E-state index contributed by atoms with van der Waals surface area (Å²) in [6.07, 6.45) is 6.85. The molecule has 1 N–H and O–H groups in total. The van der Waals surface area contributed by atoms with Crippen molar-refractivity contribution in [3.8, 4) is 0 Å². The highest BCUT2D eigenvalue weighted by molar-refractivity contribution is 4.88. The van der Waals surface area contributed by atoms with Crippen LogP contribution in [-0.4, -0.2) is 52.2 Å². The van der Waals surface area contributed by atoms with E-state index in [4.69, 9.17) is 14.2 Å². The molecule has 2 saturated heterocycles. The van der Waals surface area contributed by atoms with Crippen LogP contribution in [0.2, 0.25) is 0 Å². The molecular weight excluding hydrogens is 242 g/mol. The normalized spacial score (nSPS) is 35.7. The van der Waals surface area contributed by atoms with Crippen LogP contribution in [0.3, 0.4) is 0 Å². The molecule has 0 aromatic heterocycles. The minimum atomic E-state index is 0.265. The zero-order chi connectivity index (χ0) is 13.6. The first-order valence-electron chi connectivity index (χ1n) is 7.67. The minimum absolute atomic E-state index is 0.265. The molecule has 0 aromatic rings.